The number of amides is 1. The molecule has 0 aromatic heterocycles. The third-order valence-corrected chi connectivity index (χ3v) is 8.03. The summed E-state index contributed by atoms with van der Waals surface area (Å²) in [6.07, 6.45) is -3.06. The molecule has 2 aliphatic rings. The fourth-order valence-corrected chi connectivity index (χ4v) is 6.04. The number of alkyl halides is 3. The number of nitrogens with zero attached hydrogens (tertiary/aromatic N) is 1. The molecule has 2 aliphatic heterocycles. The highest BCUT2D eigenvalue weighted by Gasteiger charge is 2.63. The summed E-state index contributed by atoms with van der Waals surface area (Å²) in [5, 5.41) is 15.4. The molecule has 2 unspecified atom stereocenters. The summed E-state index contributed by atoms with van der Waals surface area (Å²) < 4.78 is 43.3. The summed E-state index contributed by atoms with van der Waals surface area (Å²) in [4.78, 5) is 14.7. The van der Waals surface area contributed by atoms with Crippen molar-refractivity contribution in [3.05, 3.63) is 83.9 Å². The zero-order valence-corrected chi connectivity index (χ0v) is 19.4. The van der Waals surface area contributed by atoms with E-state index in [4.69, 9.17) is 0 Å². The molecule has 1 spiro atoms. The van der Waals surface area contributed by atoms with Gasteiger partial charge >= 0.3 is 6.18 Å². The number of likely N-dealkylation sites (tertiary alicyclic amines) is 1. The van der Waals surface area contributed by atoms with Crippen molar-refractivity contribution in [2.75, 3.05) is 26.2 Å². The third kappa shape index (κ3) is 4.00. The number of rotatable bonds is 3. The summed E-state index contributed by atoms with van der Waals surface area (Å²) in [7, 11) is 0. The van der Waals surface area contributed by atoms with Crippen LogP contribution in [0.5, 0.6) is 0 Å². The van der Waals surface area contributed by atoms with Gasteiger partial charge in [-0.15, -0.1) is 0 Å². The molecule has 7 heteroatoms. The summed E-state index contributed by atoms with van der Waals surface area (Å²) >= 11 is 0. The van der Waals surface area contributed by atoms with Crippen molar-refractivity contribution >= 4 is 16.7 Å². The van der Waals surface area contributed by atoms with Crippen molar-refractivity contribution in [3.8, 4) is 0 Å². The van der Waals surface area contributed by atoms with E-state index in [1.807, 2.05) is 18.2 Å². The van der Waals surface area contributed by atoms with Gasteiger partial charge in [-0.3, -0.25) is 4.79 Å². The maximum absolute atomic E-state index is 14.4. The van der Waals surface area contributed by atoms with Gasteiger partial charge in [0.15, 0.2) is 0 Å². The molecule has 35 heavy (non-hydrogen) atoms. The van der Waals surface area contributed by atoms with Crippen LogP contribution in [0.3, 0.4) is 0 Å². The van der Waals surface area contributed by atoms with Crippen LogP contribution in [0.25, 0.3) is 10.8 Å². The third-order valence-electron chi connectivity index (χ3n) is 8.03. The van der Waals surface area contributed by atoms with Crippen molar-refractivity contribution in [2.24, 2.45) is 5.41 Å². The summed E-state index contributed by atoms with van der Waals surface area (Å²) in [5.41, 5.74) is -2.90. The highest BCUT2D eigenvalue weighted by atomic mass is 19.4. The van der Waals surface area contributed by atoms with Gasteiger partial charge < -0.3 is 15.3 Å². The number of hydrogen-bond donors (Lipinski definition) is 2. The van der Waals surface area contributed by atoms with Crippen LogP contribution in [0.4, 0.5) is 13.2 Å². The highest BCUT2D eigenvalue weighted by molar-refractivity contribution is 5.95. The molecule has 3 aromatic rings. The minimum Gasteiger partial charge on any atom is -0.368 e. The predicted molar refractivity (Wildman–Crippen MR) is 129 cm³/mol. The van der Waals surface area contributed by atoms with Crippen molar-refractivity contribution in [1.29, 1.82) is 0 Å². The molecular formula is C28H29F3N2O2. The number of halogens is 3. The number of carbonyl (C=O) groups excluding carboxylic acids is 1. The first-order valence-electron chi connectivity index (χ1n) is 12.1. The molecule has 2 heterocycles. The molecule has 2 fully saturated rings. The van der Waals surface area contributed by atoms with Crippen LogP contribution in [0.15, 0.2) is 72.8 Å². The van der Waals surface area contributed by atoms with Gasteiger partial charge in [0.25, 0.3) is 11.5 Å². The monoisotopic (exact) mass is 482 g/mol. The van der Waals surface area contributed by atoms with Crippen LogP contribution in [-0.4, -0.2) is 48.3 Å². The Balaban J connectivity index is 1.45. The van der Waals surface area contributed by atoms with E-state index in [0.29, 0.717) is 18.2 Å². The van der Waals surface area contributed by atoms with Crippen LogP contribution in [0.1, 0.15) is 36.3 Å². The van der Waals surface area contributed by atoms with Crippen LogP contribution in [0.2, 0.25) is 0 Å². The Morgan fingerprint density at radius 3 is 2.29 bits per heavy atom. The molecule has 0 radical (unpaired) electrons. The SMILES string of the molecule is O=C(N1CCC2(CCNCC2c2ccccc2)CC1)C(O)(c1cccc2ccccc12)C(F)(F)F. The maximum atomic E-state index is 14.4. The van der Waals surface area contributed by atoms with Gasteiger partial charge in [0.1, 0.15) is 0 Å². The Morgan fingerprint density at radius 2 is 1.57 bits per heavy atom. The first-order valence-corrected chi connectivity index (χ1v) is 12.1. The topological polar surface area (TPSA) is 52.6 Å². The number of benzene rings is 3. The van der Waals surface area contributed by atoms with Crippen LogP contribution in [-0.2, 0) is 10.4 Å². The normalized spacial score (nSPS) is 22.2. The smallest absolute Gasteiger partial charge is 0.368 e. The Labute approximate surface area is 202 Å². The number of nitrogens with one attached hydrogen (secondary N) is 1. The summed E-state index contributed by atoms with van der Waals surface area (Å²) in [6.45, 7) is 2.02. The second kappa shape index (κ2) is 8.95. The number of aliphatic hydroxyl groups is 1. The first kappa shape index (κ1) is 23.8. The van der Waals surface area contributed by atoms with E-state index >= 15 is 0 Å². The molecular weight excluding hydrogens is 453 g/mol. The lowest BCUT2D eigenvalue weighted by atomic mass is 9.62. The Bertz CT molecular complexity index is 1200. The minimum absolute atomic E-state index is 0.0842. The van der Waals surface area contributed by atoms with Crippen LogP contribution in [0, 0.1) is 5.41 Å². The van der Waals surface area contributed by atoms with Gasteiger partial charge in [-0.25, -0.2) is 0 Å². The molecule has 184 valence electrons. The van der Waals surface area contributed by atoms with E-state index in [1.165, 1.54) is 28.7 Å². The van der Waals surface area contributed by atoms with Gasteiger partial charge in [0.2, 0.25) is 0 Å². The van der Waals surface area contributed by atoms with E-state index in [1.54, 1.807) is 24.3 Å². The second-order valence-corrected chi connectivity index (χ2v) is 9.81. The van der Waals surface area contributed by atoms with Crippen molar-refractivity contribution < 1.29 is 23.1 Å². The van der Waals surface area contributed by atoms with Crippen LogP contribution < -0.4 is 5.32 Å². The summed E-state index contributed by atoms with van der Waals surface area (Å²) in [6, 6.07) is 21.0. The Kier molecular flexibility index (Phi) is 6.09. The van der Waals surface area contributed by atoms with E-state index in [-0.39, 0.29) is 29.8 Å². The average Bonchev–Trinajstić information content (AvgIpc) is 2.88. The van der Waals surface area contributed by atoms with E-state index in [2.05, 4.69) is 17.4 Å². The molecule has 3 aromatic carbocycles. The van der Waals surface area contributed by atoms with Gasteiger partial charge in [-0.05, 0) is 47.6 Å². The first-order chi connectivity index (χ1) is 16.8. The zero-order valence-electron chi connectivity index (χ0n) is 19.4. The molecule has 1 amide bonds. The van der Waals surface area contributed by atoms with E-state index < -0.39 is 23.2 Å². The number of carbonyl (C=O) groups is 1. The van der Waals surface area contributed by atoms with Gasteiger partial charge in [0, 0.05) is 31.1 Å². The quantitative estimate of drug-likeness (QED) is 0.554. The Hall–Kier alpha value is -2.90. The molecule has 0 saturated carbocycles. The lowest BCUT2D eigenvalue weighted by Crippen LogP contribution is -2.59. The molecule has 5 rings (SSSR count). The molecule has 4 nitrogen and oxygen atoms in total. The number of hydrogen-bond acceptors (Lipinski definition) is 3. The molecule has 2 saturated heterocycles. The molecule has 0 bridgehead atoms. The van der Waals surface area contributed by atoms with Crippen molar-refractivity contribution in [3.63, 3.8) is 0 Å². The van der Waals surface area contributed by atoms with E-state index in [0.717, 1.165) is 19.5 Å². The second-order valence-electron chi connectivity index (χ2n) is 9.81. The fraction of sp³-hybridized carbons (Fsp3) is 0.393. The summed E-state index contributed by atoms with van der Waals surface area (Å²) in [5.74, 6) is -1.06. The lowest BCUT2D eigenvalue weighted by Gasteiger charge is -2.50. The maximum Gasteiger partial charge on any atom is 0.430 e. The van der Waals surface area contributed by atoms with Gasteiger partial charge in [-0.2, -0.15) is 13.2 Å². The lowest BCUT2D eigenvalue weighted by molar-refractivity contribution is -0.262. The largest absolute Gasteiger partial charge is 0.430 e. The van der Waals surface area contributed by atoms with Gasteiger partial charge in [-0.1, -0.05) is 72.8 Å². The average molecular weight is 483 g/mol. The predicted octanol–water partition coefficient (Wildman–Crippen LogP) is 4.98. The standard InChI is InChI=1S/C28H29F3N2O2/c29-28(30,31)27(35,23-12-6-10-20-7-4-5-11-22(20)23)25(34)33-17-14-26(15-18-33)13-16-32-19-24(26)21-8-2-1-3-9-21/h1-12,24,32,35H,13-19H2. The van der Waals surface area contributed by atoms with Crippen molar-refractivity contribution in [1.82, 2.24) is 10.2 Å². The molecule has 2 N–H and O–H groups in total. The number of fused-ring (bicyclic) bond motifs is 1. The number of piperidine rings is 2. The van der Waals surface area contributed by atoms with Crippen molar-refractivity contribution in [2.45, 2.75) is 37.0 Å². The zero-order chi connectivity index (χ0) is 24.7. The Morgan fingerprint density at radius 1 is 0.914 bits per heavy atom. The van der Waals surface area contributed by atoms with E-state index in [9.17, 15) is 23.1 Å². The fourth-order valence-electron chi connectivity index (χ4n) is 6.04. The minimum atomic E-state index is -5.16. The van der Waals surface area contributed by atoms with Gasteiger partial charge in [0.05, 0.1) is 0 Å². The molecule has 0 aliphatic carbocycles. The highest BCUT2D eigenvalue weighted by Crippen LogP contribution is 2.50. The molecule has 2 atom stereocenters. The van der Waals surface area contributed by atoms with Crippen LogP contribution >= 0.6 is 0 Å².